The van der Waals surface area contributed by atoms with Crippen molar-refractivity contribution in [3.8, 4) is 0 Å². The zero-order chi connectivity index (χ0) is 20.1. The Morgan fingerprint density at radius 1 is 1.22 bits per heavy atom. The van der Waals surface area contributed by atoms with Crippen LogP contribution in [0.5, 0.6) is 0 Å². The molecule has 0 radical (unpaired) electrons. The zero-order valence-electron chi connectivity index (χ0n) is 15.7. The maximum atomic E-state index is 12.7. The van der Waals surface area contributed by atoms with Crippen molar-refractivity contribution in [2.24, 2.45) is 0 Å². The monoisotopic (exact) mass is 435 g/mol. The lowest BCUT2D eigenvalue weighted by Crippen LogP contribution is -2.35. The van der Waals surface area contributed by atoms with Gasteiger partial charge in [0.15, 0.2) is 0 Å². The van der Waals surface area contributed by atoms with E-state index in [-0.39, 0.29) is 30.7 Å². The Kier molecular flexibility index (Phi) is 6.79. The van der Waals surface area contributed by atoms with Crippen molar-refractivity contribution in [2.75, 3.05) is 25.5 Å². The van der Waals surface area contributed by atoms with Crippen molar-refractivity contribution >= 4 is 39.4 Å². The molecular formula is C19H22BrN3O4. The van der Waals surface area contributed by atoms with Crippen LogP contribution in [0, 0.1) is 13.8 Å². The lowest BCUT2D eigenvalue weighted by Gasteiger charge is -2.17. The molecule has 0 bridgehead atoms. The number of aromatic nitrogens is 1. The van der Waals surface area contributed by atoms with Gasteiger partial charge in [0.05, 0.1) is 24.4 Å². The summed E-state index contributed by atoms with van der Waals surface area (Å²) in [5, 5.41) is 2.75. The first kappa shape index (κ1) is 20.7. The van der Waals surface area contributed by atoms with Crippen LogP contribution in [0.4, 0.5) is 5.69 Å². The van der Waals surface area contributed by atoms with Gasteiger partial charge in [0.25, 0.3) is 5.91 Å². The fourth-order valence-corrected chi connectivity index (χ4v) is 3.09. The first-order valence-electron chi connectivity index (χ1n) is 8.42. The summed E-state index contributed by atoms with van der Waals surface area (Å²) in [5.41, 5.74) is 2.31. The van der Waals surface area contributed by atoms with Crippen LogP contribution in [0.25, 0.3) is 0 Å². The number of halogens is 1. The van der Waals surface area contributed by atoms with Crippen LogP contribution >= 0.6 is 15.9 Å². The highest BCUT2D eigenvalue weighted by molar-refractivity contribution is 9.10. The highest BCUT2D eigenvalue weighted by Crippen LogP contribution is 2.22. The molecule has 8 heteroatoms. The highest BCUT2D eigenvalue weighted by atomic mass is 79.9. The lowest BCUT2D eigenvalue weighted by molar-refractivity contribution is -0.116. The molecule has 0 spiro atoms. The van der Waals surface area contributed by atoms with Crippen molar-refractivity contribution in [1.82, 2.24) is 9.88 Å². The van der Waals surface area contributed by atoms with E-state index in [0.29, 0.717) is 22.5 Å². The quantitative estimate of drug-likeness (QED) is 0.680. The van der Waals surface area contributed by atoms with Gasteiger partial charge in [0, 0.05) is 17.2 Å². The number of benzene rings is 1. The molecule has 0 atom stereocenters. The number of carbonyl (C=O) groups is 3. The summed E-state index contributed by atoms with van der Waals surface area (Å²) in [6.07, 6.45) is 0. The van der Waals surface area contributed by atoms with Crippen molar-refractivity contribution in [2.45, 2.75) is 20.8 Å². The highest BCUT2D eigenvalue weighted by Gasteiger charge is 2.25. The van der Waals surface area contributed by atoms with E-state index in [4.69, 9.17) is 4.74 Å². The molecule has 0 aliphatic carbocycles. The second kappa shape index (κ2) is 8.85. The smallest absolute Gasteiger partial charge is 0.340 e. The van der Waals surface area contributed by atoms with Crippen LogP contribution in [0.2, 0.25) is 0 Å². The molecule has 0 aliphatic rings. The number of amides is 2. The molecule has 1 heterocycles. The number of para-hydroxylation sites is 1. The van der Waals surface area contributed by atoms with E-state index in [2.05, 4.69) is 26.2 Å². The fraction of sp³-hybridized carbons (Fsp3) is 0.316. The molecule has 0 unspecified atom stereocenters. The Hall–Kier alpha value is -2.61. The molecule has 7 nitrogen and oxygen atoms in total. The summed E-state index contributed by atoms with van der Waals surface area (Å²) in [6.45, 7) is 5.22. The number of nitrogens with one attached hydrogen (secondary N) is 2. The summed E-state index contributed by atoms with van der Waals surface area (Å²) in [4.78, 5) is 41.3. The molecule has 2 amide bonds. The van der Waals surface area contributed by atoms with Gasteiger partial charge < -0.3 is 19.9 Å². The van der Waals surface area contributed by atoms with Gasteiger partial charge in [0.1, 0.15) is 5.69 Å². The van der Waals surface area contributed by atoms with Gasteiger partial charge in [-0.1, -0.05) is 12.1 Å². The average Bonchev–Trinajstić information content (AvgIpc) is 2.90. The molecular weight excluding hydrogens is 414 g/mol. The van der Waals surface area contributed by atoms with Gasteiger partial charge >= 0.3 is 5.97 Å². The predicted molar refractivity (Wildman–Crippen MR) is 106 cm³/mol. The number of aromatic amines is 1. The first-order chi connectivity index (χ1) is 12.8. The number of esters is 1. The van der Waals surface area contributed by atoms with Crippen molar-refractivity contribution in [3.05, 3.63) is 51.3 Å². The molecule has 0 saturated heterocycles. The van der Waals surface area contributed by atoms with Crippen LogP contribution in [-0.2, 0) is 9.53 Å². The third kappa shape index (κ3) is 4.77. The summed E-state index contributed by atoms with van der Waals surface area (Å²) in [7, 11) is 1.53. The minimum atomic E-state index is -0.475. The van der Waals surface area contributed by atoms with Gasteiger partial charge in [-0.15, -0.1) is 0 Å². The van der Waals surface area contributed by atoms with Crippen molar-refractivity contribution in [3.63, 3.8) is 0 Å². The number of hydrogen-bond donors (Lipinski definition) is 2. The Balaban J connectivity index is 2.11. The second-order valence-electron chi connectivity index (χ2n) is 6.03. The van der Waals surface area contributed by atoms with Crippen LogP contribution < -0.4 is 5.32 Å². The van der Waals surface area contributed by atoms with Crippen LogP contribution in [0.15, 0.2) is 28.7 Å². The number of carbonyl (C=O) groups excluding carboxylic acids is 3. The number of H-pyrrole nitrogens is 1. The van der Waals surface area contributed by atoms with E-state index in [1.54, 1.807) is 32.9 Å². The van der Waals surface area contributed by atoms with E-state index in [1.165, 1.54) is 11.9 Å². The molecule has 0 saturated carbocycles. The summed E-state index contributed by atoms with van der Waals surface area (Å²) < 4.78 is 5.78. The van der Waals surface area contributed by atoms with Gasteiger partial charge in [-0.2, -0.15) is 0 Å². The maximum Gasteiger partial charge on any atom is 0.340 e. The topological polar surface area (TPSA) is 91.5 Å². The standard InChI is InChI=1S/C19H22BrN3O4/c1-5-27-19(26)16-11(2)17(21-12(16)3)18(25)23(4)10-15(24)22-14-9-7-6-8-13(14)20/h6-9,21H,5,10H2,1-4H3,(H,22,24). The number of hydrogen-bond acceptors (Lipinski definition) is 4. The molecule has 0 fully saturated rings. The predicted octanol–water partition coefficient (Wildman–Crippen LogP) is 3.28. The molecule has 2 rings (SSSR count). The largest absolute Gasteiger partial charge is 0.462 e. The summed E-state index contributed by atoms with van der Waals surface area (Å²) >= 11 is 3.36. The number of anilines is 1. The van der Waals surface area contributed by atoms with E-state index in [9.17, 15) is 14.4 Å². The summed E-state index contributed by atoms with van der Waals surface area (Å²) in [6, 6.07) is 7.21. The minimum Gasteiger partial charge on any atom is -0.462 e. The molecule has 2 N–H and O–H groups in total. The molecule has 2 aromatic rings. The number of rotatable bonds is 6. The second-order valence-corrected chi connectivity index (χ2v) is 6.89. The summed E-state index contributed by atoms with van der Waals surface area (Å²) in [5.74, 6) is -1.19. The Morgan fingerprint density at radius 2 is 1.89 bits per heavy atom. The number of aryl methyl sites for hydroxylation is 1. The normalized spacial score (nSPS) is 10.4. The molecule has 27 heavy (non-hydrogen) atoms. The zero-order valence-corrected chi connectivity index (χ0v) is 17.3. The third-order valence-corrected chi connectivity index (χ3v) is 4.70. The van der Waals surface area contributed by atoms with E-state index < -0.39 is 5.97 Å². The lowest BCUT2D eigenvalue weighted by atomic mass is 10.1. The van der Waals surface area contributed by atoms with Crippen molar-refractivity contribution < 1.29 is 19.1 Å². The molecule has 1 aromatic heterocycles. The Bertz CT molecular complexity index is 876. The van der Waals surface area contributed by atoms with Gasteiger partial charge in [0.2, 0.25) is 5.91 Å². The van der Waals surface area contributed by atoms with Gasteiger partial charge in [-0.05, 0) is 54.4 Å². The van der Waals surface area contributed by atoms with Gasteiger partial charge in [-0.3, -0.25) is 9.59 Å². The fourth-order valence-electron chi connectivity index (χ4n) is 2.70. The molecule has 0 aliphatic heterocycles. The SMILES string of the molecule is CCOC(=O)c1c(C)[nH]c(C(=O)N(C)CC(=O)Nc2ccccc2Br)c1C. The number of likely N-dealkylation sites (N-methyl/N-ethyl adjacent to an activating group) is 1. The van der Waals surface area contributed by atoms with E-state index in [1.807, 2.05) is 12.1 Å². The third-order valence-electron chi connectivity index (χ3n) is 4.01. The Morgan fingerprint density at radius 3 is 2.52 bits per heavy atom. The van der Waals surface area contributed by atoms with E-state index in [0.717, 1.165) is 4.47 Å². The Labute approximate surface area is 166 Å². The van der Waals surface area contributed by atoms with Crippen molar-refractivity contribution in [1.29, 1.82) is 0 Å². The maximum absolute atomic E-state index is 12.7. The van der Waals surface area contributed by atoms with Crippen LogP contribution in [-0.4, -0.2) is 47.9 Å². The molecule has 1 aromatic carbocycles. The average molecular weight is 436 g/mol. The first-order valence-corrected chi connectivity index (χ1v) is 9.21. The number of ether oxygens (including phenoxy) is 1. The van der Waals surface area contributed by atoms with Gasteiger partial charge in [-0.25, -0.2) is 4.79 Å². The molecule has 144 valence electrons. The van der Waals surface area contributed by atoms with Crippen LogP contribution in [0.3, 0.4) is 0 Å². The minimum absolute atomic E-state index is 0.133. The number of nitrogens with zero attached hydrogens (tertiary/aromatic N) is 1. The van der Waals surface area contributed by atoms with E-state index >= 15 is 0 Å². The van der Waals surface area contributed by atoms with Crippen LogP contribution in [0.1, 0.15) is 39.0 Å².